The van der Waals surface area contributed by atoms with Crippen molar-refractivity contribution in [3.8, 4) is 0 Å². The van der Waals surface area contributed by atoms with Crippen LogP contribution in [-0.2, 0) is 19.6 Å². The molecule has 23 heavy (non-hydrogen) atoms. The highest BCUT2D eigenvalue weighted by molar-refractivity contribution is 7.89. The molecule has 1 aliphatic rings. The number of likely N-dealkylation sites (N-methyl/N-ethyl adjacent to an activating group) is 1. The number of hydrogen-bond donors (Lipinski definition) is 1. The van der Waals surface area contributed by atoms with Crippen LogP contribution < -0.4 is 5.32 Å². The van der Waals surface area contributed by atoms with Gasteiger partial charge in [-0.25, -0.2) is 8.42 Å². The minimum absolute atomic E-state index is 0.184. The second-order valence-corrected chi connectivity index (χ2v) is 7.84. The summed E-state index contributed by atoms with van der Waals surface area (Å²) in [5.41, 5.74) is 0. The summed E-state index contributed by atoms with van der Waals surface area (Å²) >= 11 is 0. The van der Waals surface area contributed by atoms with Crippen LogP contribution in [-0.4, -0.2) is 52.0 Å². The number of hydrogen-bond acceptors (Lipinski definition) is 4. The summed E-state index contributed by atoms with van der Waals surface area (Å²) in [5, 5.41) is 2.72. The first-order valence-corrected chi connectivity index (χ1v) is 9.30. The molecule has 1 N–H and O–H groups in total. The quantitative estimate of drug-likeness (QED) is 0.650. The molecule has 2 rings (SSSR count). The van der Waals surface area contributed by atoms with Gasteiger partial charge >= 0.3 is 0 Å². The first-order valence-electron chi connectivity index (χ1n) is 7.86. The number of carbonyl (C=O) groups is 1. The van der Waals surface area contributed by atoms with E-state index in [1.54, 1.807) is 18.2 Å². The van der Waals surface area contributed by atoms with Crippen LogP contribution in [0, 0.1) is 5.92 Å². The summed E-state index contributed by atoms with van der Waals surface area (Å²) in [4.78, 5) is 12.0. The van der Waals surface area contributed by atoms with E-state index in [4.69, 9.17) is 4.74 Å². The lowest BCUT2D eigenvalue weighted by atomic mass is 10.4. The molecular formula is C16H24N2O4S. The fraction of sp³-hybridized carbons (Fsp3) is 0.562. The van der Waals surface area contributed by atoms with Gasteiger partial charge in [0.05, 0.1) is 11.4 Å². The van der Waals surface area contributed by atoms with E-state index < -0.39 is 10.0 Å². The highest BCUT2D eigenvalue weighted by atomic mass is 32.2. The Morgan fingerprint density at radius 3 is 2.65 bits per heavy atom. The van der Waals surface area contributed by atoms with Crippen LogP contribution in [0.15, 0.2) is 35.2 Å². The van der Waals surface area contributed by atoms with Crippen molar-refractivity contribution >= 4 is 15.9 Å². The van der Waals surface area contributed by atoms with Crippen LogP contribution in [0.3, 0.4) is 0 Å². The largest absolute Gasteiger partial charge is 0.381 e. The molecule has 0 heterocycles. The Labute approximate surface area is 137 Å². The van der Waals surface area contributed by atoms with E-state index in [0.29, 0.717) is 13.2 Å². The molecule has 7 heteroatoms. The maximum absolute atomic E-state index is 12.3. The van der Waals surface area contributed by atoms with Crippen molar-refractivity contribution in [1.29, 1.82) is 0 Å². The van der Waals surface area contributed by atoms with Crippen LogP contribution in [0.4, 0.5) is 0 Å². The van der Waals surface area contributed by atoms with E-state index in [9.17, 15) is 13.2 Å². The predicted molar refractivity (Wildman–Crippen MR) is 87.4 cm³/mol. The van der Waals surface area contributed by atoms with Crippen molar-refractivity contribution in [2.75, 3.05) is 33.4 Å². The molecule has 1 amide bonds. The fourth-order valence-corrected chi connectivity index (χ4v) is 3.20. The molecule has 0 aliphatic heterocycles. The third-order valence-corrected chi connectivity index (χ3v) is 5.47. The summed E-state index contributed by atoms with van der Waals surface area (Å²) in [6.45, 7) is 1.73. The lowest BCUT2D eigenvalue weighted by molar-refractivity contribution is -0.121. The molecule has 1 aromatic rings. The van der Waals surface area contributed by atoms with Crippen LogP contribution >= 0.6 is 0 Å². The van der Waals surface area contributed by atoms with Crippen molar-refractivity contribution < 1.29 is 17.9 Å². The van der Waals surface area contributed by atoms with Crippen LogP contribution in [0.5, 0.6) is 0 Å². The van der Waals surface area contributed by atoms with Crippen LogP contribution in [0.25, 0.3) is 0 Å². The first-order chi connectivity index (χ1) is 11.0. The van der Waals surface area contributed by atoms with Crippen molar-refractivity contribution in [2.45, 2.75) is 24.2 Å². The van der Waals surface area contributed by atoms with E-state index in [0.717, 1.165) is 23.3 Å². The van der Waals surface area contributed by atoms with Gasteiger partial charge in [-0.05, 0) is 37.3 Å². The minimum Gasteiger partial charge on any atom is -0.381 e. The van der Waals surface area contributed by atoms with Gasteiger partial charge in [0.25, 0.3) is 0 Å². The average molecular weight is 340 g/mol. The number of rotatable bonds is 10. The summed E-state index contributed by atoms with van der Waals surface area (Å²) in [7, 11) is -2.22. The van der Waals surface area contributed by atoms with Crippen molar-refractivity contribution in [2.24, 2.45) is 5.92 Å². The third-order valence-electron chi connectivity index (χ3n) is 3.66. The maximum atomic E-state index is 12.3. The zero-order valence-corrected chi connectivity index (χ0v) is 14.2. The van der Waals surface area contributed by atoms with Gasteiger partial charge in [-0.15, -0.1) is 0 Å². The van der Waals surface area contributed by atoms with E-state index in [1.807, 2.05) is 0 Å². The summed E-state index contributed by atoms with van der Waals surface area (Å²) in [6.07, 6.45) is 3.26. The van der Waals surface area contributed by atoms with E-state index in [1.165, 1.54) is 32.0 Å². The molecule has 1 saturated carbocycles. The molecule has 128 valence electrons. The number of benzene rings is 1. The molecule has 0 unspecified atom stereocenters. The summed E-state index contributed by atoms with van der Waals surface area (Å²) in [5.74, 6) is 0.427. The van der Waals surface area contributed by atoms with Gasteiger partial charge in [0.15, 0.2) is 0 Å². The lowest BCUT2D eigenvalue weighted by Gasteiger charge is -2.16. The first kappa shape index (κ1) is 17.9. The Bertz CT molecular complexity index is 600. The Morgan fingerprint density at radius 1 is 1.30 bits per heavy atom. The van der Waals surface area contributed by atoms with Crippen molar-refractivity contribution in [3.63, 3.8) is 0 Å². The molecule has 0 saturated heterocycles. The molecule has 0 aromatic heterocycles. The fourth-order valence-electron chi connectivity index (χ4n) is 2.05. The van der Waals surface area contributed by atoms with Crippen molar-refractivity contribution in [1.82, 2.24) is 9.62 Å². The monoisotopic (exact) mass is 340 g/mol. The highest BCUT2D eigenvalue weighted by Gasteiger charge is 2.22. The SMILES string of the molecule is CN(CC(=O)NCCCOCC1CC1)S(=O)(=O)c1ccccc1. The molecule has 1 aromatic carbocycles. The van der Waals surface area contributed by atoms with E-state index in [2.05, 4.69) is 5.32 Å². The number of sulfonamides is 1. The van der Waals surface area contributed by atoms with Crippen molar-refractivity contribution in [3.05, 3.63) is 30.3 Å². The molecule has 0 bridgehead atoms. The van der Waals surface area contributed by atoms with Gasteiger partial charge in [-0.2, -0.15) is 4.31 Å². The molecular weight excluding hydrogens is 316 g/mol. The number of nitrogens with zero attached hydrogens (tertiary/aromatic N) is 1. The number of amides is 1. The van der Waals surface area contributed by atoms with Gasteiger partial charge < -0.3 is 10.1 Å². The normalized spacial score (nSPS) is 14.9. The maximum Gasteiger partial charge on any atom is 0.243 e. The van der Waals surface area contributed by atoms with Crippen LogP contribution in [0.2, 0.25) is 0 Å². The molecule has 1 aliphatic carbocycles. The molecule has 0 atom stereocenters. The number of nitrogens with one attached hydrogen (secondary N) is 1. The lowest BCUT2D eigenvalue weighted by Crippen LogP contribution is -2.38. The molecule has 0 spiro atoms. The van der Waals surface area contributed by atoms with Gasteiger partial charge in [0.2, 0.25) is 15.9 Å². The van der Waals surface area contributed by atoms with Crippen LogP contribution in [0.1, 0.15) is 19.3 Å². The van der Waals surface area contributed by atoms with E-state index >= 15 is 0 Å². The van der Waals surface area contributed by atoms with Gasteiger partial charge in [0.1, 0.15) is 0 Å². The Hall–Kier alpha value is -1.44. The Balaban J connectivity index is 1.67. The zero-order valence-electron chi connectivity index (χ0n) is 13.4. The summed E-state index contributed by atoms with van der Waals surface area (Å²) < 4.78 is 31.1. The van der Waals surface area contributed by atoms with E-state index in [-0.39, 0.29) is 17.3 Å². The average Bonchev–Trinajstić information content (AvgIpc) is 3.35. The van der Waals surface area contributed by atoms with Gasteiger partial charge in [-0.3, -0.25) is 4.79 Å². The Morgan fingerprint density at radius 2 is 2.00 bits per heavy atom. The zero-order chi connectivity index (χ0) is 16.7. The highest BCUT2D eigenvalue weighted by Crippen LogP contribution is 2.28. The summed E-state index contributed by atoms with van der Waals surface area (Å²) in [6, 6.07) is 8.09. The molecule has 1 fully saturated rings. The Kier molecular flexibility index (Phi) is 6.56. The second kappa shape index (κ2) is 8.42. The number of ether oxygens (including phenoxy) is 1. The second-order valence-electron chi connectivity index (χ2n) is 5.80. The smallest absolute Gasteiger partial charge is 0.243 e. The third kappa shape index (κ3) is 5.93. The number of carbonyl (C=O) groups excluding carboxylic acids is 1. The van der Waals surface area contributed by atoms with Gasteiger partial charge in [-0.1, -0.05) is 18.2 Å². The molecule has 6 nitrogen and oxygen atoms in total. The predicted octanol–water partition coefficient (Wildman–Crippen LogP) is 1.24. The minimum atomic E-state index is -3.63. The van der Waals surface area contributed by atoms with Gasteiger partial charge in [0, 0.05) is 26.8 Å². The topological polar surface area (TPSA) is 75.7 Å². The molecule has 0 radical (unpaired) electrons. The standard InChI is InChI=1S/C16H24N2O4S/c1-18(23(20,21)15-6-3-2-4-7-15)12-16(19)17-10-5-11-22-13-14-8-9-14/h2-4,6-7,14H,5,8-13H2,1H3,(H,17,19).